The molecule has 94 valence electrons. The van der Waals surface area contributed by atoms with Crippen LogP contribution in [0.1, 0.15) is 56.6 Å². The van der Waals surface area contributed by atoms with Crippen molar-refractivity contribution < 1.29 is 0 Å². The molecule has 17 heavy (non-hydrogen) atoms. The van der Waals surface area contributed by atoms with E-state index in [1.54, 1.807) is 0 Å². The van der Waals surface area contributed by atoms with Gasteiger partial charge in [0, 0.05) is 0 Å². The summed E-state index contributed by atoms with van der Waals surface area (Å²) in [6, 6.07) is 8.88. The molecular formula is C17H26. The monoisotopic (exact) mass is 230 g/mol. The first-order valence-corrected chi connectivity index (χ1v) is 7.03. The van der Waals surface area contributed by atoms with Gasteiger partial charge in [0.15, 0.2) is 0 Å². The van der Waals surface area contributed by atoms with Crippen molar-refractivity contribution in [2.75, 3.05) is 0 Å². The van der Waals surface area contributed by atoms with E-state index in [0.717, 1.165) is 0 Å². The van der Waals surface area contributed by atoms with E-state index in [-0.39, 0.29) is 0 Å². The van der Waals surface area contributed by atoms with Gasteiger partial charge in [-0.1, -0.05) is 68.2 Å². The lowest BCUT2D eigenvalue weighted by molar-refractivity contribution is 0.674. The Labute approximate surface area is 107 Å². The zero-order chi connectivity index (χ0) is 12.3. The van der Waals surface area contributed by atoms with E-state index < -0.39 is 0 Å². The summed E-state index contributed by atoms with van der Waals surface area (Å²) in [4.78, 5) is 0. The second kappa shape index (κ2) is 9.04. The number of allylic oxidation sites excluding steroid dienone is 2. The third-order valence-electron chi connectivity index (χ3n) is 3.11. The van der Waals surface area contributed by atoms with Gasteiger partial charge in [-0.25, -0.2) is 0 Å². The Hall–Kier alpha value is -1.04. The average molecular weight is 230 g/mol. The Morgan fingerprint density at radius 1 is 0.882 bits per heavy atom. The molecule has 0 bridgehead atoms. The van der Waals surface area contributed by atoms with Crippen LogP contribution in [0.2, 0.25) is 0 Å². The summed E-state index contributed by atoms with van der Waals surface area (Å²) in [6.45, 7) is 4.40. The van der Waals surface area contributed by atoms with Crippen molar-refractivity contribution in [2.24, 2.45) is 0 Å². The maximum atomic E-state index is 2.35. The van der Waals surface area contributed by atoms with Gasteiger partial charge in [0.05, 0.1) is 0 Å². The van der Waals surface area contributed by atoms with E-state index in [1.807, 2.05) is 0 Å². The van der Waals surface area contributed by atoms with Crippen LogP contribution in [0.3, 0.4) is 0 Å². The number of hydrogen-bond acceptors (Lipinski definition) is 0. The van der Waals surface area contributed by atoms with Crippen LogP contribution < -0.4 is 0 Å². The molecule has 0 aromatic heterocycles. The normalized spacial score (nSPS) is 11.2. The molecule has 0 heterocycles. The lowest BCUT2D eigenvalue weighted by Crippen LogP contribution is -1.83. The van der Waals surface area contributed by atoms with Crippen molar-refractivity contribution in [1.82, 2.24) is 0 Å². The zero-order valence-electron chi connectivity index (χ0n) is 11.4. The molecule has 0 fully saturated rings. The molecule has 1 rings (SSSR count). The Bertz CT molecular complexity index is 305. The number of unbranched alkanes of at least 4 members (excludes halogenated alkanes) is 4. The number of benzene rings is 1. The number of hydrogen-bond donors (Lipinski definition) is 0. The summed E-state index contributed by atoms with van der Waals surface area (Å²) < 4.78 is 0. The second-order valence-corrected chi connectivity index (χ2v) is 4.85. The summed E-state index contributed by atoms with van der Waals surface area (Å²) in [6.07, 6.45) is 13.8. The van der Waals surface area contributed by atoms with Gasteiger partial charge in [-0.3, -0.25) is 0 Å². The molecule has 0 nitrogen and oxygen atoms in total. The molecule has 1 aromatic rings. The average Bonchev–Trinajstić information content (AvgIpc) is 2.35. The lowest BCUT2D eigenvalue weighted by atomic mass is 10.1. The topological polar surface area (TPSA) is 0 Å². The standard InChI is InChI=1S/C17H26/c1-3-4-5-6-7-8-9-10-11-17-14-12-16(2)13-15-17/h8-9,12-15H,3-7,10-11H2,1-2H3/b9-8+. The van der Waals surface area contributed by atoms with Gasteiger partial charge in [-0.2, -0.15) is 0 Å². The Morgan fingerprint density at radius 3 is 2.29 bits per heavy atom. The molecule has 0 saturated heterocycles. The fraction of sp³-hybridized carbons (Fsp3) is 0.529. The Morgan fingerprint density at radius 2 is 1.59 bits per heavy atom. The summed E-state index contributed by atoms with van der Waals surface area (Å²) in [5.74, 6) is 0. The molecule has 0 saturated carbocycles. The fourth-order valence-electron chi connectivity index (χ4n) is 1.93. The lowest BCUT2D eigenvalue weighted by Gasteiger charge is -1.99. The van der Waals surface area contributed by atoms with Crippen LogP contribution >= 0.6 is 0 Å². The van der Waals surface area contributed by atoms with Gasteiger partial charge < -0.3 is 0 Å². The first-order chi connectivity index (χ1) is 8.33. The van der Waals surface area contributed by atoms with Gasteiger partial charge in [0.1, 0.15) is 0 Å². The summed E-state index contributed by atoms with van der Waals surface area (Å²) in [7, 11) is 0. The highest BCUT2D eigenvalue weighted by Crippen LogP contribution is 2.07. The third kappa shape index (κ3) is 6.99. The summed E-state index contributed by atoms with van der Waals surface area (Å²) >= 11 is 0. The molecule has 0 atom stereocenters. The van der Waals surface area contributed by atoms with Crippen molar-refractivity contribution >= 4 is 0 Å². The van der Waals surface area contributed by atoms with E-state index in [4.69, 9.17) is 0 Å². The molecular weight excluding hydrogens is 204 g/mol. The number of aryl methyl sites for hydroxylation is 2. The van der Waals surface area contributed by atoms with E-state index >= 15 is 0 Å². The highest BCUT2D eigenvalue weighted by Gasteiger charge is 1.90. The van der Waals surface area contributed by atoms with Crippen molar-refractivity contribution in [3.8, 4) is 0 Å². The predicted molar refractivity (Wildman–Crippen MR) is 77.4 cm³/mol. The minimum atomic E-state index is 1.17. The molecule has 1 aromatic carbocycles. The number of rotatable bonds is 8. The third-order valence-corrected chi connectivity index (χ3v) is 3.11. The van der Waals surface area contributed by atoms with Crippen LogP contribution in [0.5, 0.6) is 0 Å². The molecule has 0 unspecified atom stereocenters. The van der Waals surface area contributed by atoms with Gasteiger partial charge in [-0.15, -0.1) is 0 Å². The quantitative estimate of drug-likeness (QED) is 0.411. The summed E-state index contributed by atoms with van der Waals surface area (Å²) in [5, 5.41) is 0. The molecule has 0 heteroatoms. The summed E-state index contributed by atoms with van der Waals surface area (Å²) in [5.41, 5.74) is 2.80. The molecule has 0 aliphatic heterocycles. The minimum absolute atomic E-state index is 1.17. The van der Waals surface area contributed by atoms with Crippen molar-refractivity contribution in [3.63, 3.8) is 0 Å². The van der Waals surface area contributed by atoms with E-state index in [0.29, 0.717) is 0 Å². The van der Waals surface area contributed by atoms with Gasteiger partial charge in [0.25, 0.3) is 0 Å². The zero-order valence-corrected chi connectivity index (χ0v) is 11.4. The molecule has 0 spiro atoms. The Kier molecular flexibility index (Phi) is 7.46. The van der Waals surface area contributed by atoms with Gasteiger partial charge >= 0.3 is 0 Å². The van der Waals surface area contributed by atoms with Crippen LogP contribution in [0.25, 0.3) is 0 Å². The van der Waals surface area contributed by atoms with Crippen LogP contribution in [-0.4, -0.2) is 0 Å². The van der Waals surface area contributed by atoms with Crippen LogP contribution in [0, 0.1) is 6.92 Å². The highest BCUT2D eigenvalue weighted by molar-refractivity contribution is 5.21. The van der Waals surface area contributed by atoms with Gasteiger partial charge in [-0.05, 0) is 38.2 Å². The predicted octanol–water partition coefficient (Wildman–Crippen LogP) is 5.45. The molecule has 0 radical (unpaired) electrons. The van der Waals surface area contributed by atoms with Gasteiger partial charge in [0.2, 0.25) is 0 Å². The van der Waals surface area contributed by atoms with Crippen LogP contribution in [-0.2, 0) is 6.42 Å². The molecule has 0 aliphatic carbocycles. The molecule has 0 aliphatic rings. The van der Waals surface area contributed by atoms with Crippen LogP contribution in [0.15, 0.2) is 36.4 Å². The highest BCUT2D eigenvalue weighted by atomic mass is 14.0. The van der Waals surface area contributed by atoms with Crippen molar-refractivity contribution in [3.05, 3.63) is 47.5 Å². The first-order valence-electron chi connectivity index (χ1n) is 7.03. The smallest absolute Gasteiger partial charge is 0.0244 e. The SMILES string of the molecule is CCCCCC/C=C/CCc1ccc(C)cc1. The van der Waals surface area contributed by atoms with Crippen molar-refractivity contribution in [2.45, 2.75) is 58.8 Å². The molecule has 0 N–H and O–H groups in total. The second-order valence-electron chi connectivity index (χ2n) is 4.85. The van der Waals surface area contributed by atoms with Crippen molar-refractivity contribution in [1.29, 1.82) is 0 Å². The van der Waals surface area contributed by atoms with Crippen LogP contribution in [0.4, 0.5) is 0 Å². The Balaban J connectivity index is 2.07. The minimum Gasteiger partial charge on any atom is -0.0885 e. The maximum absolute atomic E-state index is 2.35. The fourth-order valence-corrected chi connectivity index (χ4v) is 1.93. The first kappa shape index (κ1) is 14.0. The largest absolute Gasteiger partial charge is 0.0885 e. The van der Waals surface area contributed by atoms with E-state index in [2.05, 4.69) is 50.3 Å². The van der Waals surface area contributed by atoms with E-state index in [1.165, 1.54) is 56.1 Å². The van der Waals surface area contributed by atoms with E-state index in [9.17, 15) is 0 Å². The maximum Gasteiger partial charge on any atom is -0.0244 e. The molecule has 0 amide bonds.